The molecule has 2 N–H and O–H groups in total. The van der Waals surface area contributed by atoms with Crippen molar-refractivity contribution in [2.45, 2.75) is 26.7 Å². The Labute approximate surface area is 102 Å². The van der Waals surface area contributed by atoms with Crippen LogP contribution < -0.4 is 10.5 Å². The first-order chi connectivity index (χ1) is 8.13. The zero-order valence-electron chi connectivity index (χ0n) is 10.6. The molecule has 0 heterocycles. The normalized spacial score (nSPS) is 11.9. The van der Waals surface area contributed by atoms with Gasteiger partial charge in [-0.3, -0.25) is 4.79 Å². The molecule has 0 radical (unpaired) electrons. The third-order valence-electron chi connectivity index (χ3n) is 2.81. The Morgan fingerprint density at radius 1 is 1.18 bits per heavy atom. The predicted molar refractivity (Wildman–Crippen MR) is 69.7 cm³/mol. The molecule has 92 valence electrons. The zero-order valence-corrected chi connectivity index (χ0v) is 10.6. The van der Waals surface area contributed by atoms with Gasteiger partial charge in [0.25, 0.3) is 0 Å². The van der Waals surface area contributed by atoms with Crippen LogP contribution in [0.4, 0.5) is 0 Å². The van der Waals surface area contributed by atoms with E-state index in [1.165, 1.54) is 0 Å². The van der Waals surface area contributed by atoms with Gasteiger partial charge in [0.15, 0.2) is 0 Å². The zero-order chi connectivity index (χ0) is 12.8. The first kappa shape index (κ1) is 13.3. The number of ether oxygens (including phenoxy) is 1. The predicted octanol–water partition coefficient (Wildman–Crippen LogP) is 2.75. The molecule has 0 saturated carbocycles. The fraction of sp³-hybridized carbons (Fsp3) is 0.357. The van der Waals surface area contributed by atoms with Crippen molar-refractivity contribution in [1.29, 1.82) is 0 Å². The van der Waals surface area contributed by atoms with Crippen molar-refractivity contribution >= 4 is 11.5 Å². The first-order valence-electron chi connectivity index (χ1n) is 5.80. The van der Waals surface area contributed by atoms with E-state index < -0.39 is 0 Å². The molecule has 0 fully saturated rings. The standard InChI is InChI=1S/C14H19NO2/c1-4-12(13(5-2)14(15)16)10-6-8-11(17-3)9-7-10/h6-9H,4-5H2,1-3H3,(H2,15,16). The lowest BCUT2D eigenvalue weighted by Crippen LogP contribution is -2.15. The number of rotatable bonds is 5. The molecule has 0 aliphatic heterocycles. The second-order valence-electron chi connectivity index (χ2n) is 3.76. The average molecular weight is 233 g/mol. The van der Waals surface area contributed by atoms with E-state index in [1.54, 1.807) is 7.11 Å². The molecule has 0 atom stereocenters. The number of allylic oxidation sites excluding steroid dienone is 1. The van der Waals surface area contributed by atoms with Crippen LogP contribution in [-0.4, -0.2) is 13.0 Å². The third kappa shape index (κ3) is 3.09. The largest absolute Gasteiger partial charge is 0.497 e. The maximum atomic E-state index is 11.4. The van der Waals surface area contributed by atoms with E-state index in [2.05, 4.69) is 0 Å². The summed E-state index contributed by atoms with van der Waals surface area (Å²) >= 11 is 0. The lowest BCUT2D eigenvalue weighted by Gasteiger charge is -2.11. The van der Waals surface area contributed by atoms with E-state index >= 15 is 0 Å². The van der Waals surface area contributed by atoms with Gasteiger partial charge in [0.05, 0.1) is 7.11 Å². The molecule has 0 bridgehead atoms. The number of carbonyl (C=O) groups excluding carboxylic acids is 1. The lowest BCUT2D eigenvalue weighted by atomic mass is 9.95. The summed E-state index contributed by atoms with van der Waals surface area (Å²) in [7, 11) is 1.63. The van der Waals surface area contributed by atoms with Crippen LogP contribution in [0.2, 0.25) is 0 Å². The highest BCUT2D eigenvalue weighted by Gasteiger charge is 2.11. The summed E-state index contributed by atoms with van der Waals surface area (Å²) in [6, 6.07) is 7.69. The molecule has 1 aromatic carbocycles. The monoisotopic (exact) mass is 233 g/mol. The molecule has 0 saturated heterocycles. The highest BCUT2D eigenvalue weighted by atomic mass is 16.5. The Kier molecular flexibility index (Phi) is 4.76. The molecule has 1 amide bonds. The maximum absolute atomic E-state index is 11.4. The minimum atomic E-state index is -0.333. The van der Waals surface area contributed by atoms with Gasteiger partial charge in [0.2, 0.25) is 5.91 Å². The van der Waals surface area contributed by atoms with Crippen molar-refractivity contribution in [1.82, 2.24) is 0 Å². The number of hydrogen-bond donors (Lipinski definition) is 1. The van der Waals surface area contributed by atoms with Crippen molar-refractivity contribution in [3.63, 3.8) is 0 Å². The minimum Gasteiger partial charge on any atom is -0.497 e. The molecule has 3 heteroatoms. The molecule has 3 nitrogen and oxygen atoms in total. The molecule has 0 aliphatic carbocycles. The number of benzene rings is 1. The fourth-order valence-electron chi connectivity index (χ4n) is 1.92. The van der Waals surface area contributed by atoms with E-state index in [4.69, 9.17) is 10.5 Å². The number of nitrogens with two attached hydrogens (primary N) is 1. The van der Waals surface area contributed by atoms with E-state index in [1.807, 2.05) is 38.1 Å². The van der Waals surface area contributed by atoms with Crippen molar-refractivity contribution in [3.8, 4) is 5.75 Å². The van der Waals surface area contributed by atoms with Crippen molar-refractivity contribution in [2.75, 3.05) is 7.11 Å². The molecule has 0 aliphatic rings. The quantitative estimate of drug-likeness (QED) is 0.795. The van der Waals surface area contributed by atoms with Crippen LogP contribution in [-0.2, 0) is 4.79 Å². The molecule has 1 rings (SSSR count). The summed E-state index contributed by atoms with van der Waals surface area (Å²) in [5.74, 6) is 0.474. The molecule has 17 heavy (non-hydrogen) atoms. The van der Waals surface area contributed by atoms with Crippen molar-refractivity contribution in [3.05, 3.63) is 35.4 Å². The molecule has 0 spiro atoms. The fourth-order valence-corrected chi connectivity index (χ4v) is 1.92. The van der Waals surface area contributed by atoms with Gasteiger partial charge < -0.3 is 10.5 Å². The summed E-state index contributed by atoms with van der Waals surface area (Å²) in [6.45, 7) is 3.97. The first-order valence-corrected chi connectivity index (χ1v) is 5.80. The van der Waals surface area contributed by atoms with Crippen LogP contribution in [0.15, 0.2) is 29.8 Å². The van der Waals surface area contributed by atoms with Gasteiger partial charge in [-0.2, -0.15) is 0 Å². The van der Waals surface area contributed by atoms with Crippen LogP contribution in [0.3, 0.4) is 0 Å². The topological polar surface area (TPSA) is 52.3 Å². The smallest absolute Gasteiger partial charge is 0.244 e. The van der Waals surface area contributed by atoms with Crippen molar-refractivity contribution < 1.29 is 9.53 Å². The minimum absolute atomic E-state index is 0.333. The van der Waals surface area contributed by atoms with Crippen LogP contribution in [0.1, 0.15) is 32.3 Å². The van der Waals surface area contributed by atoms with Crippen LogP contribution in [0.25, 0.3) is 5.57 Å². The number of hydrogen-bond acceptors (Lipinski definition) is 2. The highest BCUT2D eigenvalue weighted by Crippen LogP contribution is 2.25. The van der Waals surface area contributed by atoms with Gasteiger partial charge in [-0.25, -0.2) is 0 Å². The van der Waals surface area contributed by atoms with Crippen LogP contribution in [0, 0.1) is 0 Å². The van der Waals surface area contributed by atoms with E-state index in [0.717, 1.165) is 23.3 Å². The number of primary amides is 1. The lowest BCUT2D eigenvalue weighted by molar-refractivity contribution is -0.114. The SMILES string of the molecule is CCC(C(N)=O)=C(CC)c1ccc(OC)cc1. The summed E-state index contributed by atoms with van der Waals surface area (Å²) in [5.41, 5.74) is 8.15. The molecule has 0 unspecified atom stereocenters. The van der Waals surface area contributed by atoms with Gasteiger partial charge >= 0.3 is 0 Å². The maximum Gasteiger partial charge on any atom is 0.244 e. The van der Waals surface area contributed by atoms with Gasteiger partial charge in [-0.05, 0) is 36.1 Å². The van der Waals surface area contributed by atoms with Gasteiger partial charge in [-0.15, -0.1) is 0 Å². The van der Waals surface area contributed by atoms with Crippen molar-refractivity contribution in [2.24, 2.45) is 5.73 Å². The van der Waals surface area contributed by atoms with Gasteiger partial charge in [0, 0.05) is 5.57 Å². The van der Waals surface area contributed by atoms with E-state index in [-0.39, 0.29) is 5.91 Å². The van der Waals surface area contributed by atoms with Crippen LogP contribution in [0.5, 0.6) is 5.75 Å². The molecular formula is C14H19NO2. The highest BCUT2D eigenvalue weighted by molar-refractivity contribution is 6.00. The molecule has 0 aromatic heterocycles. The van der Waals surface area contributed by atoms with E-state index in [9.17, 15) is 4.79 Å². The number of carbonyl (C=O) groups is 1. The Balaban J connectivity index is 3.20. The molecule has 1 aromatic rings. The summed E-state index contributed by atoms with van der Waals surface area (Å²) in [5, 5.41) is 0. The third-order valence-corrected chi connectivity index (χ3v) is 2.81. The summed E-state index contributed by atoms with van der Waals surface area (Å²) in [6.07, 6.45) is 1.45. The second-order valence-corrected chi connectivity index (χ2v) is 3.76. The number of amides is 1. The Morgan fingerprint density at radius 3 is 2.12 bits per heavy atom. The number of methoxy groups -OCH3 is 1. The average Bonchev–Trinajstić information content (AvgIpc) is 2.35. The Morgan fingerprint density at radius 2 is 1.76 bits per heavy atom. The van der Waals surface area contributed by atoms with E-state index in [0.29, 0.717) is 12.0 Å². The van der Waals surface area contributed by atoms with Gasteiger partial charge in [-0.1, -0.05) is 26.0 Å². The van der Waals surface area contributed by atoms with Gasteiger partial charge in [0.1, 0.15) is 5.75 Å². The summed E-state index contributed by atoms with van der Waals surface area (Å²) in [4.78, 5) is 11.4. The second kappa shape index (κ2) is 6.09. The summed E-state index contributed by atoms with van der Waals surface area (Å²) < 4.78 is 5.11. The van der Waals surface area contributed by atoms with Crippen LogP contribution >= 0.6 is 0 Å². The Bertz CT molecular complexity index is 418. The Hall–Kier alpha value is -1.77. The molecular weight excluding hydrogens is 214 g/mol.